The van der Waals surface area contributed by atoms with Crippen molar-refractivity contribution >= 4 is 45.5 Å². The quantitative estimate of drug-likeness (QED) is 0.278. The molecule has 2 aromatic carbocycles. The maximum absolute atomic E-state index is 12.9. The van der Waals surface area contributed by atoms with Crippen LogP contribution in [0.2, 0.25) is 0 Å². The van der Waals surface area contributed by atoms with Crippen LogP contribution in [-0.2, 0) is 5.75 Å². The molecule has 0 fully saturated rings. The summed E-state index contributed by atoms with van der Waals surface area (Å²) in [5.41, 5.74) is 4.76. The normalized spacial score (nSPS) is 11.0. The number of aryl methyl sites for hydroxylation is 1. The van der Waals surface area contributed by atoms with Crippen LogP contribution < -0.4 is 10.1 Å². The summed E-state index contributed by atoms with van der Waals surface area (Å²) in [5.74, 6) is 0.517. The monoisotopic (exact) mass is 489 g/mol. The van der Waals surface area contributed by atoms with Crippen LogP contribution in [0.1, 0.15) is 20.9 Å². The average Bonchev–Trinajstić information content (AvgIpc) is 3.42. The van der Waals surface area contributed by atoms with Gasteiger partial charge in [-0.05, 0) is 43.3 Å². The molecule has 1 N–H and O–H groups in total. The van der Waals surface area contributed by atoms with E-state index in [4.69, 9.17) is 0 Å². The minimum Gasteiger partial charge on any atom is -0.435 e. The van der Waals surface area contributed by atoms with Crippen molar-refractivity contribution in [1.82, 2.24) is 9.97 Å². The van der Waals surface area contributed by atoms with Gasteiger partial charge in [0.25, 0.3) is 5.91 Å². The number of halogens is 2. The third-order valence-corrected chi connectivity index (χ3v) is 6.99. The second-order valence-corrected chi connectivity index (χ2v) is 9.48. The Bertz CT molecular complexity index is 1200. The van der Waals surface area contributed by atoms with Gasteiger partial charge in [-0.3, -0.25) is 10.1 Å². The second-order valence-electron chi connectivity index (χ2n) is 6.55. The fourth-order valence-corrected chi connectivity index (χ4v) is 5.36. The van der Waals surface area contributed by atoms with E-state index in [1.807, 2.05) is 30.5 Å². The van der Waals surface area contributed by atoms with Gasteiger partial charge in [-0.1, -0.05) is 12.1 Å². The Balaban J connectivity index is 1.48. The molecule has 0 bridgehead atoms. The van der Waals surface area contributed by atoms with Crippen LogP contribution in [0.15, 0.2) is 64.3 Å². The topological polar surface area (TPSA) is 64.1 Å². The molecule has 0 aliphatic heterocycles. The molecule has 4 rings (SSSR count). The Labute approximate surface area is 195 Å². The lowest BCUT2D eigenvalue weighted by atomic mass is 10.1. The number of nitrogens with one attached hydrogen (secondary N) is 1. The van der Waals surface area contributed by atoms with E-state index in [1.165, 1.54) is 23.5 Å². The third-order valence-electron chi connectivity index (χ3n) is 4.36. The highest BCUT2D eigenvalue weighted by molar-refractivity contribution is 7.98. The number of benzene rings is 2. The molecule has 0 atom stereocenters. The van der Waals surface area contributed by atoms with Crippen LogP contribution in [0.3, 0.4) is 0 Å². The summed E-state index contributed by atoms with van der Waals surface area (Å²) in [6.45, 7) is -0.977. The fourth-order valence-electron chi connectivity index (χ4n) is 2.92. The summed E-state index contributed by atoms with van der Waals surface area (Å²) < 4.78 is 29.1. The van der Waals surface area contributed by atoms with Gasteiger partial charge in [-0.25, -0.2) is 9.97 Å². The van der Waals surface area contributed by atoms with E-state index in [2.05, 4.69) is 20.0 Å². The first-order chi connectivity index (χ1) is 15.5. The molecule has 1 amide bonds. The van der Waals surface area contributed by atoms with Crippen molar-refractivity contribution in [3.05, 3.63) is 75.6 Å². The lowest BCUT2D eigenvalue weighted by molar-refractivity contribution is -0.0498. The lowest BCUT2D eigenvalue weighted by Crippen LogP contribution is -2.12. The zero-order valence-electron chi connectivity index (χ0n) is 16.7. The molecule has 0 aliphatic carbocycles. The minimum absolute atomic E-state index is 0.0805. The van der Waals surface area contributed by atoms with Crippen molar-refractivity contribution in [2.24, 2.45) is 0 Å². The minimum atomic E-state index is -2.87. The van der Waals surface area contributed by atoms with Crippen LogP contribution in [0, 0.1) is 6.92 Å². The van der Waals surface area contributed by atoms with Gasteiger partial charge in [-0.2, -0.15) is 8.78 Å². The third kappa shape index (κ3) is 5.50. The first-order valence-corrected chi connectivity index (χ1v) is 12.2. The molecule has 0 spiro atoms. The number of anilines is 1. The summed E-state index contributed by atoms with van der Waals surface area (Å²) in [4.78, 5) is 23.5. The summed E-state index contributed by atoms with van der Waals surface area (Å²) >= 11 is 4.45. The van der Waals surface area contributed by atoms with Gasteiger partial charge >= 0.3 is 6.61 Å². The van der Waals surface area contributed by atoms with E-state index >= 15 is 0 Å². The molecular formula is C22H17F2N3O2S3. The van der Waals surface area contributed by atoms with Crippen molar-refractivity contribution in [2.75, 3.05) is 5.32 Å². The van der Waals surface area contributed by atoms with E-state index in [0.717, 1.165) is 21.0 Å². The summed E-state index contributed by atoms with van der Waals surface area (Å²) in [5, 5.41) is 5.33. The van der Waals surface area contributed by atoms with Gasteiger partial charge in [0.05, 0.1) is 22.5 Å². The van der Waals surface area contributed by atoms with E-state index in [1.54, 1.807) is 46.8 Å². The summed E-state index contributed by atoms with van der Waals surface area (Å²) in [6.07, 6.45) is 0. The highest BCUT2D eigenvalue weighted by Crippen LogP contribution is 2.33. The van der Waals surface area contributed by atoms with Gasteiger partial charge in [-0.15, -0.1) is 34.4 Å². The van der Waals surface area contributed by atoms with Crippen molar-refractivity contribution in [3.8, 4) is 17.0 Å². The van der Waals surface area contributed by atoms with Gasteiger partial charge in [0.2, 0.25) is 0 Å². The predicted molar refractivity (Wildman–Crippen MR) is 125 cm³/mol. The lowest BCUT2D eigenvalue weighted by Gasteiger charge is -2.08. The Morgan fingerprint density at radius 1 is 1.19 bits per heavy atom. The molecule has 5 nitrogen and oxygen atoms in total. The largest absolute Gasteiger partial charge is 0.435 e. The molecule has 2 heterocycles. The highest BCUT2D eigenvalue weighted by Gasteiger charge is 2.16. The number of rotatable bonds is 8. The molecule has 2 aromatic heterocycles. The zero-order valence-corrected chi connectivity index (χ0v) is 19.2. The molecule has 164 valence electrons. The first-order valence-electron chi connectivity index (χ1n) is 9.42. The van der Waals surface area contributed by atoms with Crippen LogP contribution in [0.25, 0.3) is 11.3 Å². The number of ether oxygens (including phenoxy) is 1. The van der Waals surface area contributed by atoms with Gasteiger partial charge in [0.15, 0.2) is 5.13 Å². The summed E-state index contributed by atoms with van der Waals surface area (Å²) in [6, 6.07) is 13.7. The zero-order chi connectivity index (χ0) is 22.5. The molecule has 0 aliphatic rings. The molecule has 32 heavy (non-hydrogen) atoms. The van der Waals surface area contributed by atoms with Crippen molar-refractivity contribution in [3.63, 3.8) is 0 Å². The Hall–Kier alpha value is -2.82. The van der Waals surface area contributed by atoms with E-state index in [9.17, 15) is 13.6 Å². The first kappa shape index (κ1) is 22.4. The van der Waals surface area contributed by atoms with Crippen molar-refractivity contribution < 1.29 is 18.3 Å². The van der Waals surface area contributed by atoms with Crippen LogP contribution in [0.5, 0.6) is 5.75 Å². The number of nitrogens with zero attached hydrogens (tertiary/aromatic N) is 2. The van der Waals surface area contributed by atoms with E-state index in [0.29, 0.717) is 22.1 Å². The fraction of sp³-hybridized carbons (Fsp3) is 0.136. The molecule has 0 radical (unpaired) electrons. The molecule has 0 unspecified atom stereocenters. The Kier molecular flexibility index (Phi) is 7.13. The van der Waals surface area contributed by atoms with E-state index < -0.39 is 6.61 Å². The Morgan fingerprint density at radius 3 is 2.69 bits per heavy atom. The molecular weight excluding hydrogens is 472 g/mol. The summed E-state index contributed by atoms with van der Waals surface area (Å²) in [7, 11) is 0. The maximum Gasteiger partial charge on any atom is 0.387 e. The number of aromatic nitrogens is 2. The van der Waals surface area contributed by atoms with Crippen molar-refractivity contribution in [2.45, 2.75) is 24.2 Å². The number of carbonyl (C=O) groups excluding carboxylic acids is 1. The molecule has 0 saturated heterocycles. The Morgan fingerprint density at radius 2 is 1.97 bits per heavy atom. The number of amides is 1. The van der Waals surface area contributed by atoms with Crippen molar-refractivity contribution in [1.29, 1.82) is 0 Å². The number of hydrogen-bond donors (Lipinski definition) is 1. The maximum atomic E-state index is 12.9. The highest BCUT2D eigenvalue weighted by atomic mass is 32.2. The smallest absolute Gasteiger partial charge is 0.387 e. The number of thiazole rings is 2. The van der Waals surface area contributed by atoms with Gasteiger partial charge in [0.1, 0.15) is 5.75 Å². The number of carbonyl (C=O) groups is 1. The van der Waals surface area contributed by atoms with E-state index in [-0.39, 0.29) is 11.7 Å². The van der Waals surface area contributed by atoms with Gasteiger partial charge < -0.3 is 4.74 Å². The number of hydrogen-bond acceptors (Lipinski definition) is 7. The van der Waals surface area contributed by atoms with Crippen LogP contribution in [-0.4, -0.2) is 22.5 Å². The average molecular weight is 490 g/mol. The predicted octanol–water partition coefficient (Wildman–Crippen LogP) is 6.72. The number of thioether (sulfide) groups is 1. The van der Waals surface area contributed by atoms with Crippen LogP contribution >= 0.6 is 34.4 Å². The standard InChI is InChI=1S/C22H17F2N3O2S3/c1-13-19(14-6-8-16(9-7-14)29-21(23)24)26-22(32-13)27-20(28)17-4-2-3-5-18(17)31-11-15-10-30-12-25-15/h2-10,12,21H,11H2,1H3,(H,26,27,28). The number of alkyl halides is 2. The second kappa shape index (κ2) is 10.2. The SMILES string of the molecule is Cc1sc(NC(=O)c2ccccc2SCc2cscn2)nc1-c1ccc(OC(F)F)cc1. The van der Waals surface area contributed by atoms with Crippen LogP contribution in [0.4, 0.5) is 13.9 Å². The molecule has 4 aromatic rings. The molecule has 0 saturated carbocycles. The van der Waals surface area contributed by atoms with Gasteiger partial charge in [0, 0.05) is 26.5 Å². The molecule has 10 heteroatoms.